The molecular formula is C15H10N4O6. The second kappa shape index (κ2) is 5.16. The largest absolute Gasteiger partial charge is 0.440 e. The summed E-state index contributed by atoms with van der Waals surface area (Å²) < 4.78 is 5.55. The molecule has 10 heteroatoms. The van der Waals surface area contributed by atoms with E-state index in [1.165, 1.54) is 0 Å². The highest BCUT2D eigenvalue weighted by atomic mass is 16.5. The summed E-state index contributed by atoms with van der Waals surface area (Å²) in [5.74, 6) is -3.95. The summed E-state index contributed by atoms with van der Waals surface area (Å²) in [5, 5.41) is 4.03. The van der Waals surface area contributed by atoms with Crippen molar-refractivity contribution < 1.29 is 19.1 Å². The molecule has 4 N–H and O–H groups in total. The van der Waals surface area contributed by atoms with E-state index in [2.05, 4.69) is 9.97 Å². The van der Waals surface area contributed by atoms with Gasteiger partial charge in [-0.3, -0.25) is 35.0 Å². The van der Waals surface area contributed by atoms with Crippen molar-refractivity contribution in [3.05, 3.63) is 56.2 Å². The number of aromatic amines is 2. The lowest BCUT2D eigenvalue weighted by Gasteiger charge is -2.32. The van der Waals surface area contributed by atoms with Crippen LogP contribution in [0.5, 0.6) is 11.6 Å². The van der Waals surface area contributed by atoms with E-state index in [0.717, 1.165) is 0 Å². The number of imide groups is 2. The molecular weight excluding hydrogens is 332 g/mol. The van der Waals surface area contributed by atoms with E-state index in [0.29, 0.717) is 11.3 Å². The van der Waals surface area contributed by atoms with Crippen LogP contribution in [0.3, 0.4) is 0 Å². The molecule has 4 rings (SSSR count). The number of hydrogen-bond donors (Lipinski definition) is 4. The Bertz CT molecular complexity index is 1030. The minimum absolute atomic E-state index is 0.0667. The number of benzene rings is 1. The summed E-state index contributed by atoms with van der Waals surface area (Å²) in [6.45, 7) is 0. The van der Waals surface area contributed by atoms with Gasteiger partial charge in [0.25, 0.3) is 5.56 Å². The van der Waals surface area contributed by atoms with Gasteiger partial charge in [-0.2, -0.15) is 0 Å². The minimum atomic E-state index is -1.38. The Labute approximate surface area is 138 Å². The minimum Gasteiger partial charge on any atom is -0.440 e. The van der Waals surface area contributed by atoms with Crippen LogP contribution in [0.15, 0.2) is 33.9 Å². The van der Waals surface area contributed by atoms with Crippen LogP contribution in [-0.4, -0.2) is 27.8 Å². The lowest BCUT2D eigenvalue weighted by atomic mass is 9.78. The molecule has 0 saturated carbocycles. The highest BCUT2D eigenvalue weighted by molar-refractivity contribution is 6.17. The first-order valence-electron chi connectivity index (χ1n) is 7.24. The summed E-state index contributed by atoms with van der Waals surface area (Å²) in [6, 6.07) is 5.57. The Hall–Kier alpha value is -3.69. The Kier molecular flexibility index (Phi) is 3.07. The molecule has 0 aliphatic carbocycles. The van der Waals surface area contributed by atoms with E-state index in [1.54, 1.807) is 24.3 Å². The molecule has 2 aliphatic rings. The van der Waals surface area contributed by atoms with E-state index in [4.69, 9.17) is 4.74 Å². The lowest BCUT2D eigenvalue weighted by Crippen LogP contribution is -2.58. The van der Waals surface area contributed by atoms with Gasteiger partial charge in [-0.15, -0.1) is 0 Å². The zero-order valence-electron chi connectivity index (χ0n) is 12.4. The van der Waals surface area contributed by atoms with E-state index in [9.17, 15) is 24.0 Å². The summed E-state index contributed by atoms with van der Waals surface area (Å²) >= 11 is 0. The number of amides is 4. The molecule has 0 unspecified atom stereocenters. The number of fused-ring (bicyclic) bond motifs is 2. The number of carbonyl (C=O) groups is 3. The molecule has 1 aromatic heterocycles. The average Bonchev–Trinajstić information content (AvgIpc) is 2.52. The van der Waals surface area contributed by atoms with Crippen LogP contribution < -0.4 is 26.6 Å². The van der Waals surface area contributed by atoms with Crippen LogP contribution in [-0.2, 0) is 9.59 Å². The summed E-state index contributed by atoms with van der Waals surface area (Å²) in [5.41, 5.74) is -1.22. The maximum Gasteiger partial charge on any atom is 0.328 e. The summed E-state index contributed by atoms with van der Waals surface area (Å²) in [7, 11) is 0. The maximum atomic E-state index is 12.3. The van der Waals surface area contributed by atoms with Crippen molar-refractivity contribution in [2.24, 2.45) is 5.92 Å². The lowest BCUT2D eigenvalue weighted by molar-refractivity contribution is -0.136. The second-order valence-electron chi connectivity index (χ2n) is 5.55. The molecule has 3 heterocycles. The number of ether oxygens (including phenoxy) is 1. The number of carbonyl (C=O) groups excluding carboxylic acids is 3. The number of para-hydroxylation sites is 1. The van der Waals surface area contributed by atoms with Gasteiger partial charge in [0.05, 0.1) is 5.56 Å². The van der Waals surface area contributed by atoms with Crippen LogP contribution in [0.2, 0.25) is 0 Å². The third-order valence-corrected chi connectivity index (χ3v) is 4.09. The van der Waals surface area contributed by atoms with Crippen molar-refractivity contribution in [3.8, 4) is 11.6 Å². The summed E-state index contributed by atoms with van der Waals surface area (Å²) in [4.78, 5) is 64.2. The molecule has 4 amide bonds. The van der Waals surface area contributed by atoms with Gasteiger partial charge < -0.3 is 4.74 Å². The van der Waals surface area contributed by atoms with Gasteiger partial charge in [-0.25, -0.2) is 9.59 Å². The third kappa shape index (κ3) is 2.23. The number of aromatic nitrogens is 2. The monoisotopic (exact) mass is 342 g/mol. The zero-order chi connectivity index (χ0) is 17.7. The maximum absolute atomic E-state index is 12.3. The molecule has 0 bridgehead atoms. The van der Waals surface area contributed by atoms with Crippen LogP contribution in [0.4, 0.5) is 4.79 Å². The van der Waals surface area contributed by atoms with Gasteiger partial charge >= 0.3 is 11.7 Å². The Morgan fingerprint density at radius 3 is 2.24 bits per heavy atom. The second-order valence-corrected chi connectivity index (χ2v) is 5.55. The van der Waals surface area contributed by atoms with Crippen molar-refractivity contribution >= 4 is 17.8 Å². The van der Waals surface area contributed by atoms with Crippen LogP contribution in [0, 0.1) is 5.92 Å². The first kappa shape index (κ1) is 14.9. The van der Waals surface area contributed by atoms with Crippen LogP contribution in [0.25, 0.3) is 0 Å². The fourth-order valence-electron chi connectivity index (χ4n) is 3.11. The van der Waals surface area contributed by atoms with Gasteiger partial charge in [-0.1, -0.05) is 18.2 Å². The standard InChI is InChI=1S/C15H10N4O6/c20-10-8(11(21)17-14(23)16-10)7-5-3-1-2-4-6(5)25-13-9(7)12(22)18-15(24)19-13/h1-4,7-8H,(H2,18,19,22,24)(H2,16,17,20,21,23)/t7-/m1/s1. The van der Waals surface area contributed by atoms with Crippen molar-refractivity contribution in [1.82, 2.24) is 20.6 Å². The molecule has 25 heavy (non-hydrogen) atoms. The van der Waals surface area contributed by atoms with E-state index in [-0.39, 0.29) is 11.4 Å². The fourth-order valence-corrected chi connectivity index (χ4v) is 3.11. The highest BCUT2D eigenvalue weighted by Gasteiger charge is 2.46. The Balaban J connectivity index is 1.98. The molecule has 0 spiro atoms. The van der Waals surface area contributed by atoms with Crippen molar-refractivity contribution in [1.29, 1.82) is 0 Å². The first-order chi connectivity index (χ1) is 12.0. The molecule has 2 aromatic rings. The Morgan fingerprint density at radius 2 is 1.52 bits per heavy atom. The highest BCUT2D eigenvalue weighted by Crippen LogP contribution is 2.45. The number of nitrogens with one attached hydrogen (secondary N) is 4. The quantitative estimate of drug-likeness (QED) is 0.502. The molecule has 0 radical (unpaired) electrons. The summed E-state index contributed by atoms with van der Waals surface area (Å²) in [6.07, 6.45) is 0. The van der Waals surface area contributed by atoms with Gasteiger partial charge in [-0.05, 0) is 6.07 Å². The number of rotatable bonds is 1. The van der Waals surface area contributed by atoms with Crippen molar-refractivity contribution in [2.45, 2.75) is 5.92 Å². The molecule has 1 fully saturated rings. The fraction of sp³-hybridized carbons (Fsp3) is 0.133. The predicted molar refractivity (Wildman–Crippen MR) is 81.2 cm³/mol. The molecule has 1 atom stereocenters. The number of hydrogen-bond acceptors (Lipinski definition) is 6. The number of barbiturate groups is 1. The number of urea groups is 1. The van der Waals surface area contributed by atoms with Gasteiger partial charge in [0.2, 0.25) is 17.7 Å². The third-order valence-electron chi connectivity index (χ3n) is 4.09. The zero-order valence-corrected chi connectivity index (χ0v) is 12.4. The van der Waals surface area contributed by atoms with Crippen molar-refractivity contribution in [3.63, 3.8) is 0 Å². The van der Waals surface area contributed by atoms with Crippen LogP contribution >= 0.6 is 0 Å². The molecule has 126 valence electrons. The average molecular weight is 342 g/mol. The normalized spacial score (nSPS) is 19.4. The van der Waals surface area contributed by atoms with E-state index in [1.807, 2.05) is 10.6 Å². The van der Waals surface area contributed by atoms with Crippen molar-refractivity contribution in [2.75, 3.05) is 0 Å². The van der Waals surface area contributed by atoms with Gasteiger partial charge in [0, 0.05) is 11.5 Å². The molecule has 1 aromatic carbocycles. The predicted octanol–water partition coefficient (Wildman–Crippen LogP) is -0.717. The van der Waals surface area contributed by atoms with E-state index < -0.39 is 40.9 Å². The smallest absolute Gasteiger partial charge is 0.328 e. The topological polar surface area (TPSA) is 150 Å². The van der Waals surface area contributed by atoms with E-state index >= 15 is 0 Å². The molecule has 2 aliphatic heterocycles. The van der Waals surface area contributed by atoms with Crippen LogP contribution in [0.1, 0.15) is 17.0 Å². The number of H-pyrrole nitrogens is 2. The van der Waals surface area contributed by atoms with Gasteiger partial charge in [0.1, 0.15) is 11.7 Å². The SMILES string of the molecule is O=C1NC(=O)C([C@H]2c3ccccc3Oc3[nH]c(=O)[nH]c(=O)c32)C(=O)N1. The molecule has 1 saturated heterocycles. The first-order valence-corrected chi connectivity index (χ1v) is 7.24. The van der Waals surface area contributed by atoms with Gasteiger partial charge in [0.15, 0.2) is 0 Å². The Morgan fingerprint density at radius 1 is 0.840 bits per heavy atom. The molecule has 10 nitrogen and oxygen atoms in total.